The average Bonchev–Trinajstić information content (AvgIpc) is 3.33. The predicted molar refractivity (Wildman–Crippen MR) is 120 cm³/mol. The number of anilines is 2. The first-order valence-electron chi connectivity index (χ1n) is 10.6. The van der Waals surface area contributed by atoms with Crippen LogP contribution in [0.3, 0.4) is 0 Å². The predicted octanol–water partition coefficient (Wildman–Crippen LogP) is 2.40. The molecule has 3 aromatic rings. The molecule has 4 heterocycles. The molecule has 0 fully saturated rings. The van der Waals surface area contributed by atoms with Crippen molar-refractivity contribution in [3.05, 3.63) is 46.9 Å². The SMILES string of the molecule is CCN(C)c1cc2c(c(CNC)n1)CN(c1cccc(-c3nnc(C)n3CC)n1)C2=O. The number of fused-ring (bicyclic) bond motifs is 1. The highest BCUT2D eigenvalue weighted by Gasteiger charge is 2.33. The van der Waals surface area contributed by atoms with E-state index in [9.17, 15) is 4.79 Å². The van der Waals surface area contributed by atoms with Crippen LogP contribution in [0, 0.1) is 6.92 Å². The standard InChI is InChI=1S/C22H28N8O/c1-6-28(5)20-11-15-16(18(25-20)12-23-4)13-30(22(15)31)19-10-8-9-17(24-19)21-27-26-14(3)29(21)7-2/h8-11,23H,6-7,12-13H2,1-5H3. The summed E-state index contributed by atoms with van der Waals surface area (Å²) in [5.74, 6) is 2.89. The molecule has 0 radical (unpaired) electrons. The van der Waals surface area contributed by atoms with E-state index in [2.05, 4.69) is 22.4 Å². The smallest absolute Gasteiger partial charge is 0.260 e. The second-order valence-electron chi connectivity index (χ2n) is 7.59. The lowest BCUT2D eigenvalue weighted by molar-refractivity contribution is 0.0996. The van der Waals surface area contributed by atoms with Crippen molar-refractivity contribution in [2.75, 3.05) is 30.4 Å². The fourth-order valence-electron chi connectivity index (χ4n) is 3.86. The molecular weight excluding hydrogens is 392 g/mol. The van der Waals surface area contributed by atoms with E-state index in [1.807, 2.05) is 61.7 Å². The molecule has 0 saturated heterocycles. The van der Waals surface area contributed by atoms with Crippen molar-refractivity contribution >= 4 is 17.5 Å². The summed E-state index contributed by atoms with van der Waals surface area (Å²) in [6.45, 7) is 8.64. The van der Waals surface area contributed by atoms with Gasteiger partial charge < -0.3 is 14.8 Å². The molecule has 3 aromatic heterocycles. The Morgan fingerprint density at radius 1 is 1.19 bits per heavy atom. The van der Waals surface area contributed by atoms with E-state index in [4.69, 9.17) is 9.97 Å². The summed E-state index contributed by atoms with van der Waals surface area (Å²) in [7, 11) is 3.86. The zero-order valence-electron chi connectivity index (χ0n) is 18.7. The highest BCUT2D eigenvalue weighted by atomic mass is 16.2. The van der Waals surface area contributed by atoms with Crippen LogP contribution in [0.2, 0.25) is 0 Å². The van der Waals surface area contributed by atoms with Crippen LogP contribution >= 0.6 is 0 Å². The lowest BCUT2D eigenvalue weighted by Crippen LogP contribution is -2.24. The molecule has 9 heteroatoms. The van der Waals surface area contributed by atoms with Crippen molar-refractivity contribution in [2.45, 2.75) is 40.4 Å². The Morgan fingerprint density at radius 3 is 2.71 bits per heavy atom. The molecule has 0 unspecified atom stereocenters. The molecule has 0 aromatic carbocycles. The largest absolute Gasteiger partial charge is 0.360 e. The van der Waals surface area contributed by atoms with Gasteiger partial charge in [-0.3, -0.25) is 9.69 Å². The number of nitrogens with zero attached hydrogens (tertiary/aromatic N) is 7. The normalized spacial score (nSPS) is 13.1. The van der Waals surface area contributed by atoms with Gasteiger partial charge in [-0.15, -0.1) is 10.2 Å². The Kier molecular flexibility index (Phi) is 5.69. The summed E-state index contributed by atoms with van der Waals surface area (Å²) in [5, 5.41) is 11.6. The van der Waals surface area contributed by atoms with Gasteiger partial charge in [-0.1, -0.05) is 6.07 Å². The minimum Gasteiger partial charge on any atom is -0.360 e. The van der Waals surface area contributed by atoms with Gasteiger partial charge in [0.05, 0.1) is 17.8 Å². The van der Waals surface area contributed by atoms with E-state index in [1.165, 1.54) is 0 Å². The third-order valence-electron chi connectivity index (χ3n) is 5.69. The summed E-state index contributed by atoms with van der Waals surface area (Å²) in [6.07, 6.45) is 0. The Hall–Kier alpha value is -3.33. The van der Waals surface area contributed by atoms with Crippen molar-refractivity contribution in [1.29, 1.82) is 0 Å². The minimum atomic E-state index is -0.0571. The molecule has 9 nitrogen and oxygen atoms in total. The summed E-state index contributed by atoms with van der Waals surface area (Å²) in [4.78, 5) is 26.7. The molecule has 1 N–H and O–H groups in total. The van der Waals surface area contributed by atoms with Crippen LogP contribution in [-0.2, 0) is 19.6 Å². The van der Waals surface area contributed by atoms with Gasteiger partial charge >= 0.3 is 0 Å². The number of aromatic nitrogens is 5. The summed E-state index contributed by atoms with van der Waals surface area (Å²) in [6, 6.07) is 7.55. The molecule has 0 spiro atoms. The number of hydrogen-bond acceptors (Lipinski definition) is 7. The molecule has 1 amide bonds. The number of pyridine rings is 2. The van der Waals surface area contributed by atoms with E-state index in [1.54, 1.807) is 4.90 Å². The first-order valence-corrected chi connectivity index (χ1v) is 10.6. The van der Waals surface area contributed by atoms with Gasteiger partial charge in [-0.05, 0) is 46.0 Å². The summed E-state index contributed by atoms with van der Waals surface area (Å²) < 4.78 is 2.01. The highest BCUT2D eigenvalue weighted by molar-refractivity contribution is 6.10. The number of rotatable bonds is 7. The number of hydrogen-bond donors (Lipinski definition) is 1. The second kappa shape index (κ2) is 8.43. The molecule has 4 rings (SSSR count). The monoisotopic (exact) mass is 420 g/mol. The maximum Gasteiger partial charge on any atom is 0.260 e. The van der Waals surface area contributed by atoms with E-state index >= 15 is 0 Å². The van der Waals surface area contributed by atoms with Crippen molar-refractivity contribution in [3.63, 3.8) is 0 Å². The van der Waals surface area contributed by atoms with Crippen LogP contribution < -0.4 is 15.1 Å². The lowest BCUT2D eigenvalue weighted by Gasteiger charge is -2.18. The second-order valence-corrected chi connectivity index (χ2v) is 7.59. The van der Waals surface area contributed by atoms with Crippen molar-refractivity contribution < 1.29 is 4.79 Å². The Morgan fingerprint density at radius 2 is 2.00 bits per heavy atom. The highest BCUT2D eigenvalue weighted by Crippen LogP contribution is 2.32. The topological polar surface area (TPSA) is 92.1 Å². The number of carbonyl (C=O) groups is 1. The molecule has 31 heavy (non-hydrogen) atoms. The fraction of sp³-hybridized carbons (Fsp3) is 0.409. The van der Waals surface area contributed by atoms with Crippen LogP contribution in [0.1, 0.15) is 41.3 Å². The van der Waals surface area contributed by atoms with Gasteiger partial charge in [0, 0.05) is 32.2 Å². The minimum absolute atomic E-state index is 0.0571. The molecular formula is C22H28N8O. The zero-order chi connectivity index (χ0) is 22.1. The molecule has 0 atom stereocenters. The first-order chi connectivity index (χ1) is 15.0. The van der Waals surface area contributed by atoms with E-state index in [-0.39, 0.29) is 5.91 Å². The molecule has 162 valence electrons. The lowest BCUT2D eigenvalue weighted by atomic mass is 10.1. The Balaban J connectivity index is 1.73. The molecule has 1 aliphatic rings. The van der Waals surface area contributed by atoms with Crippen molar-refractivity contribution in [3.8, 4) is 11.5 Å². The summed E-state index contributed by atoms with van der Waals surface area (Å²) >= 11 is 0. The van der Waals surface area contributed by atoms with Gasteiger partial charge in [0.2, 0.25) is 0 Å². The third-order valence-corrected chi connectivity index (χ3v) is 5.69. The Labute approximate surface area is 182 Å². The van der Waals surface area contributed by atoms with Crippen LogP contribution in [0.25, 0.3) is 11.5 Å². The number of nitrogens with one attached hydrogen (secondary N) is 1. The van der Waals surface area contributed by atoms with Crippen LogP contribution in [0.5, 0.6) is 0 Å². The quantitative estimate of drug-likeness (QED) is 0.627. The van der Waals surface area contributed by atoms with Gasteiger partial charge in [-0.2, -0.15) is 0 Å². The Bertz CT molecular complexity index is 1120. The number of amides is 1. The van der Waals surface area contributed by atoms with Crippen molar-refractivity contribution in [1.82, 2.24) is 30.0 Å². The molecule has 0 aliphatic carbocycles. The van der Waals surface area contributed by atoms with Crippen molar-refractivity contribution in [2.24, 2.45) is 0 Å². The van der Waals surface area contributed by atoms with Gasteiger partial charge in [0.15, 0.2) is 5.82 Å². The van der Waals surface area contributed by atoms with E-state index < -0.39 is 0 Å². The molecule has 0 saturated carbocycles. The average molecular weight is 421 g/mol. The maximum atomic E-state index is 13.4. The third kappa shape index (κ3) is 3.65. The van der Waals surface area contributed by atoms with E-state index in [0.717, 1.165) is 36.0 Å². The number of carbonyl (C=O) groups excluding carboxylic acids is 1. The first kappa shape index (κ1) is 20.9. The van der Waals surface area contributed by atoms with Gasteiger partial charge in [0.25, 0.3) is 5.91 Å². The van der Waals surface area contributed by atoms with Gasteiger partial charge in [-0.25, -0.2) is 9.97 Å². The molecule has 0 bridgehead atoms. The van der Waals surface area contributed by atoms with Crippen LogP contribution in [0.15, 0.2) is 24.3 Å². The zero-order valence-corrected chi connectivity index (χ0v) is 18.7. The summed E-state index contributed by atoms with van der Waals surface area (Å²) in [5.41, 5.74) is 3.23. The van der Waals surface area contributed by atoms with Gasteiger partial charge in [0.1, 0.15) is 23.2 Å². The fourth-order valence-corrected chi connectivity index (χ4v) is 3.86. The van der Waals surface area contributed by atoms with E-state index in [0.29, 0.717) is 36.0 Å². The van der Waals surface area contributed by atoms with Crippen LogP contribution in [-0.4, -0.2) is 51.3 Å². The van der Waals surface area contributed by atoms with Crippen LogP contribution in [0.4, 0.5) is 11.6 Å². The molecule has 1 aliphatic heterocycles. The maximum absolute atomic E-state index is 13.4. The number of aryl methyl sites for hydroxylation is 1.